The molecule has 1 aromatic carbocycles. The van der Waals surface area contributed by atoms with Gasteiger partial charge in [0.2, 0.25) is 0 Å². The van der Waals surface area contributed by atoms with Crippen molar-refractivity contribution >= 4 is 5.97 Å². The minimum atomic E-state index is -0.195. The number of carbonyl (C=O) groups excluding carboxylic acids is 1. The van der Waals surface area contributed by atoms with Gasteiger partial charge in [-0.05, 0) is 61.4 Å². The molecule has 1 aliphatic carbocycles. The van der Waals surface area contributed by atoms with Crippen LogP contribution < -0.4 is 4.74 Å². The third-order valence-corrected chi connectivity index (χ3v) is 4.19. The Bertz CT molecular complexity index is 695. The van der Waals surface area contributed by atoms with Crippen LogP contribution in [0.5, 0.6) is 5.75 Å². The van der Waals surface area contributed by atoms with E-state index in [0.717, 1.165) is 30.7 Å². The molecule has 1 aliphatic rings. The number of esters is 1. The number of nitrogens with zero attached hydrogens (tertiary/aromatic N) is 2. The zero-order chi connectivity index (χ0) is 16.2. The number of carbonyl (C=O) groups is 1. The van der Waals surface area contributed by atoms with E-state index in [9.17, 15) is 4.79 Å². The molecule has 0 saturated heterocycles. The summed E-state index contributed by atoms with van der Waals surface area (Å²) in [4.78, 5) is 20.7. The van der Waals surface area contributed by atoms with Gasteiger partial charge in [-0.25, -0.2) is 9.97 Å². The summed E-state index contributed by atoms with van der Waals surface area (Å²) in [7, 11) is 0. The lowest BCUT2D eigenvalue weighted by atomic mass is 9.89. The lowest BCUT2D eigenvalue weighted by Gasteiger charge is -2.20. The average molecular weight is 310 g/mol. The highest BCUT2D eigenvalue weighted by Crippen LogP contribution is 2.26. The summed E-state index contributed by atoms with van der Waals surface area (Å²) >= 11 is 0. The van der Waals surface area contributed by atoms with Gasteiger partial charge in [0.25, 0.3) is 0 Å². The van der Waals surface area contributed by atoms with Gasteiger partial charge >= 0.3 is 5.97 Å². The summed E-state index contributed by atoms with van der Waals surface area (Å²) in [6, 6.07) is 7.41. The van der Waals surface area contributed by atoms with Crippen molar-refractivity contribution in [3.63, 3.8) is 0 Å². The Hall–Kier alpha value is -2.23. The molecule has 3 rings (SSSR count). The molecule has 1 atom stereocenters. The van der Waals surface area contributed by atoms with Crippen LogP contribution in [-0.2, 0) is 17.6 Å². The number of hydrogen-bond donors (Lipinski definition) is 0. The van der Waals surface area contributed by atoms with Gasteiger partial charge in [-0.3, -0.25) is 4.79 Å². The second kappa shape index (κ2) is 6.90. The van der Waals surface area contributed by atoms with Gasteiger partial charge in [0.15, 0.2) is 5.82 Å². The number of benzene rings is 1. The van der Waals surface area contributed by atoms with E-state index < -0.39 is 0 Å². The van der Waals surface area contributed by atoms with Crippen LogP contribution in [0.25, 0.3) is 11.4 Å². The van der Waals surface area contributed by atoms with Crippen molar-refractivity contribution in [1.82, 2.24) is 9.97 Å². The molecule has 4 heteroatoms. The zero-order valence-electron chi connectivity index (χ0n) is 13.7. The van der Waals surface area contributed by atoms with E-state index in [0.29, 0.717) is 18.1 Å². The highest BCUT2D eigenvalue weighted by molar-refractivity contribution is 5.72. The van der Waals surface area contributed by atoms with Gasteiger partial charge in [-0.15, -0.1) is 0 Å². The number of aryl methyl sites for hydroxylation is 1. The van der Waals surface area contributed by atoms with Crippen LogP contribution in [0.15, 0.2) is 30.5 Å². The highest BCUT2D eigenvalue weighted by atomic mass is 16.5. The molecule has 2 aromatic rings. The molecular formula is C19H22N2O2. The van der Waals surface area contributed by atoms with Crippen LogP contribution in [0.2, 0.25) is 0 Å². The first-order valence-electron chi connectivity index (χ1n) is 8.31. The van der Waals surface area contributed by atoms with Crippen molar-refractivity contribution in [3.8, 4) is 17.1 Å². The van der Waals surface area contributed by atoms with Gasteiger partial charge < -0.3 is 4.74 Å². The molecule has 4 nitrogen and oxygen atoms in total. The van der Waals surface area contributed by atoms with Crippen LogP contribution in [0.3, 0.4) is 0 Å². The second-order valence-electron chi connectivity index (χ2n) is 6.26. The van der Waals surface area contributed by atoms with Gasteiger partial charge in [-0.2, -0.15) is 0 Å². The lowest BCUT2D eigenvalue weighted by Crippen LogP contribution is -2.14. The van der Waals surface area contributed by atoms with Crippen LogP contribution in [0.4, 0.5) is 0 Å². The first kappa shape index (κ1) is 15.7. The minimum absolute atomic E-state index is 0.195. The molecule has 0 spiro atoms. The van der Waals surface area contributed by atoms with Crippen LogP contribution in [0.1, 0.15) is 44.4 Å². The predicted octanol–water partition coefficient (Wildman–Crippen LogP) is 3.97. The van der Waals surface area contributed by atoms with Crippen molar-refractivity contribution in [2.75, 3.05) is 0 Å². The smallest absolute Gasteiger partial charge is 0.311 e. The van der Waals surface area contributed by atoms with Crippen LogP contribution in [0, 0.1) is 5.92 Å². The Morgan fingerprint density at radius 2 is 2.09 bits per heavy atom. The topological polar surface area (TPSA) is 52.1 Å². The Labute approximate surface area is 136 Å². The van der Waals surface area contributed by atoms with Crippen LogP contribution >= 0.6 is 0 Å². The fraction of sp³-hybridized carbons (Fsp3) is 0.421. The fourth-order valence-corrected chi connectivity index (χ4v) is 2.89. The van der Waals surface area contributed by atoms with Crippen molar-refractivity contribution in [1.29, 1.82) is 0 Å². The van der Waals surface area contributed by atoms with E-state index in [2.05, 4.69) is 11.9 Å². The standard InChI is InChI=1S/C19H22N2O2/c1-3-4-18(22)23-16-8-6-14(7-9-16)19-20-12-15-11-13(2)5-10-17(15)21-19/h6-9,12-13H,3-5,10-11H2,1-2H3. The molecule has 0 radical (unpaired) electrons. The van der Waals surface area contributed by atoms with Crippen molar-refractivity contribution in [2.24, 2.45) is 5.92 Å². The molecule has 1 aromatic heterocycles. The lowest BCUT2D eigenvalue weighted by molar-refractivity contribution is -0.134. The van der Waals surface area contributed by atoms with Crippen molar-refractivity contribution < 1.29 is 9.53 Å². The number of rotatable bonds is 4. The summed E-state index contributed by atoms with van der Waals surface area (Å²) in [6.45, 7) is 4.23. The summed E-state index contributed by atoms with van der Waals surface area (Å²) < 4.78 is 5.27. The first-order valence-corrected chi connectivity index (χ1v) is 8.31. The maximum Gasteiger partial charge on any atom is 0.311 e. The van der Waals surface area contributed by atoms with Crippen molar-refractivity contribution in [2.45, 2.75) is 46.0 Å². The second-order valence-corrected chi connectivity index (χ2v) is 6.26. The predicted molar refractivity (Wildman–Crippen MR) is 89.2 cm³/mol. The first-order chi connectivity index (χ1) is 11.2. The monoisotopic (exact) mass is 310 g/mol. The molecule has 120 valence electrons. The largest absolute Gasteiger partial charge is 0.427 e. The van der Waals surface area contributed by atoms with Gasteiger partial charge in [0.1, 0.15) is 5.75 Å². The SMILES string of the molecule is CCCC(=O)Oc1ccc(-c2ncc3c(n2)CCC(C)C3)cc1. The van der Waals surface area contributed by atoms with E-state index >= 15 is 0 Å². The Morgan fingerprint density at radius 3 is 2.83 bits per heavy atom. The summed E-state index contributed by atoms with van der Waals surface area (Å²) in [6.07, 6.45) is 6.48. The fourth-order valence-electron chi connectivity index (χ4n) is 2.89. The van der Waals surface area contributed by atoms with Crippen molar-refractivity contribution in [3.05, 3.63) is 41.7 Å². The summed E-state index contributed by atoms with van der Waals surface area (Å²) in [5.41, 5.74) is 3.39. The maximum absolute atomic E-state index is 11.5. The summed E-state index contributed by atoms with van der Waals surface area (Å²) in [5.74, 6) is 1.83. The van der Waals surface area contributed by atoms with Gasteiger partial charge in [0.05, 0.1) is 0 Å². The molecule has 0 aliphatic heterocycles. The van der Waals surface area contributed by atoms with E-state index in [1.165, 1.54) is 17.7 Å². The third-order valence-electron chi connectivity index (χ3n) is 4.19. The third kappa shape index (κ3) is 3.76. The minimum Gasteiger partial charge on any atom is -0.427 e. The Morgan fingerprint density at radius 1 is 1.30 bits per heavy atom. The van der Waals surface area contributed by atoms with Gasteiger partial charge in [0, 0.05) is 23.9 Å². The highest BCUT2D eigenvalue weighted by Gasteiger charge is 2.17. The molecule has 0 fully saturated rings. The van der Waals surface area contributed by atoms with E-state index in [1.807, 2.05) is 25.3 Å². The summed E-state index contributed by atoms with van der Waals surface area (Å²) in [5, 5.41) is 0. The normalized spacial score (nSPS) is 16.7. The molecule has 23 heavy (non-hydrogen) atoms. The number of ether oxygens (including phenoxy) is 1. The molecule has 0 saturated carbocycles. The Kier molecular flexibility index (Phi) is 4.70. The molecule has 0 N–H and O–H groups in total. The maximum atomic E-state index is 11.5. The molecule has 0 bridgehead atoms. The zero-order valence-corrected chi connectivity index (χ0v) is 13.7. The van der Waals surface area contributed by atoms with Gasteiger partial charge in [-0.1, -0.05) is 13.8 Å². The number of fused-ring (bicyclic) bond motifs is 1. The Balaban J connectivity index is 1.76. The molecule has 0 amide bonds. The average Bonchev–Trinajstić information content (AvgIpc) is 2.55. The van der Waals surface area contributed by atoms with E-state index in [-0.39, 0.29) is 5.97 Å². The molecule has 1 unspecified atom stereocenters. The van der Waals surface area contributed by atoms with E-state index in [1.54, 1.807) is 12.1 Å². The molecular weight excluding hydrogens is 288 g/mol. The number of aromatic nitrogens is 2. The van der Waals surface area contributed by atoms with E-state index in [4.69, 9.17) is 9.72 Å². The number of hydrogen-bond acceptors (Lipinski definition) is 4. The van der Waals surface area contributed by atoms with Crippen LogP contribution in [-0.4, -0.2) is 15.9 Å². The quantitative estimate of drug-likeness (QED) is 0.633. The molecule has 1 heterocycles.